The van der Waals surface area contributed by atoms with Gasteiger partial charge in [-0.3, -0.25) is 21.0 Å². The lowest BCUT2D eigenvalue weighted by Gasteiger charge is -1.52. The SMILES string of the molecule is C.C=O.CCO.O=O.OO.OO.[2HH].[2H]C.[HH]. The van der Waals surface area contributed by atoms with Gasteiger partial charge in [0, 0.05) is 20.8 Å². The number of hydrogen-bond donors (Lipinski definition) is 5. The van der Waals surface area contributed by atoms with E-state index in [1.807, 2.05) is 6.79 Å². The Morgan fingerprint density at radius 2 is 1.23 bits per heavy atom. The van der Waals surface area contributed by atoms with Crippen LogP contribution in [0.5, 0.6) is 0 Å². The minimum absolute atomic E-state index is 0. The van der Waals surface area contributed by atoms with Gasteiger partial charge in [-0.05, 0) is 6.92 Å². The first-order chi connectivity index (χ1) is 6.41. The molecule has 0 unspecified atom stereocenters. The van der Waals surface area contributed by atoms with Crippen molar-refractivity contribution in [1.29, 1.82) is 0 Å². The van der Waals surface area contributed by atoms with Crippen LogP contribution in [0.25, 0.3) is 0 Å². The summed E-state index contributed by atoms with van der Waals surface area (Å²) in [6.07, 6.45) is 0. The summed E-state index contributed by atoms with van der Waals surface area (Å²) < 4.78 is 5.75. The molecule has 0 aliphatic carbocycles. The van der Waals surface area contributed by atoms with E-state index in [0.29, 0.717) is 0 Å². The molecule has 0 fully saturated rings. The summed E-state index contributed by atoms with van der Waals surface area (Å²) in [5, 5.41) is 31.6. The lowest BCUT2D eigenvalue weighted by Crippen LogP contribution is -1.57. The molecule has 0 rings (SSSR count). The molecule has 0 spiro atoms. The molecule has 8 nitrogen and oxygen atoms in total. The molecule has 0 aromatic rings. The van der Waals surface area contributed by atoms with E-state index in [2.05, 4.69) is 0 Å². The average molecular weight is 214 g/mol. The third-order valence-electron chi connectivity index (χ3n) is 0. The molecule has 0 aliphatic rings. The molecular weight excluding hydrogens is 188 g/mol. The Kier molecular flexibility index (Phi) is 707000. The van der Waals surface area contributed by atoms with Gasteiger partial charge >= 0.3 is 0 Å². The molecule has 0 saturated carbocycles. The van der Waals surface area contributed by atoms with Crippen molar-refractivity contribution in [2.75, 3.05) is 6.61 Å². The van der Waals surface area contributed by atoms with Crippen molar-refractivity contribution in [3.8, 4) is 0 Å². The van der Waals surface area contributed by atoms with Gasteiger partial charge in [0.05, 0.1) is 0 Å². The number of carbonyl (C=O) groups is 1. The molecule has 0 amide bonds. The maximum absolute atomic E-state index is 8.00. The molecule has 0 radical (unpaired) electrons. The van der Waals surface area contributed by atoms with Crippen LogP contribution in [0.2, 0.25) is 0 Å². The zero-order valence-electron chi connectivity index (χ0n) is 7.88. The molecule has 0 bridgehead atoms. The third-order valence-corrected chi connectivity index (χ3v) is 0. The Balaban J connectivity index is -0.00000000511. The van der Waals surface area contributed by atoms with Crippen molar-refractivity contribution in [3.05, 3.63) is 9.93 Å². The van der Waals surface area contributed by atoms with Crippen LogP contribution >= 0.6 is 0 Å². The number of carbonyl (C=O) groups excluding carboxylic acids is 1. The Morgan fingerprint density at radius 1 is 1.23 bits per heavy atom. The molecule has 0 aromatic carbocycles. The zero-order chi connectivity index (χ0) is 12.7. The van der Waals surface area contributed by atoms with Gasteiger partial charge in [0.25, 0.3) is 0 Å². The molecule has 0 aromatic heterocycles. The van der Waals surface area contributed by atoms with Crippen LogP contribution in [0.4, 0.5) is 0 Å². The number of aliphatic hydroxyl groups excluding tert-OH is 1. The van der Waals surface area contributed by atoms with E-state index in [4.69, 9.17) is 42.2 Å². The predicted molar refractivity (Wildman–Crippen MR) is 54.8 cm³/mol. The summed E-state index contributed by atoms with van der Waals surface area (Å²) in [6, 6.07) is 0. The summed E-state index contributed by atoms with van der Waals surface area (Å²) in [5.74, 6) is 0. The second-order valence-corrected chi connectivity index (χ2v) is 0.316. The molecule has 0 aliphatic heterocycles. The summed E-state index contributed by atoms with van der Waals surface area (Å²) in [5.41, 5.74) is 0. The Morgan fingerprint density at radius 3 is 1.23 bits per heavy atom. The van der Waals surface area contributed by atoms with Gasteiger partial charge in [0.1, 0.15) is 6.79 Å². The van der Waals surface area contributed by atoms with Gasteiger partial charge in [0.2, 0.25) is 0 Å². The standard InChI is InChI=1S/C2H6O.CH2O.2CH4.2H2O2.O2.2H2/c1-2-3;1-2;;;3*1-2;;/h3H,2H2,1H3;1H2;2*1H4;2*1-2H;;2*1H/i;;1D;;;;;1+1;. The van der Waals surface area contributed by atoms with Gasteiger partial charge in [-0.2, -0.15) is 0 Å². The molecule has 13 heavy (non-hydrogen) atoms. The van der Waals surface area contributed by atoms with Crippen LogP contribution in [0.15, 0.2) is 0 Å². The van der Waals surface area contributed by atoms with Crippen LogP contribution in [0.1, 0.15) is 26.0 Å². The summed E-state index contributed by atoms with van der Waals surface area (Å²) in [4.78, 5) is 22.0. The Hall–Kier alpha value is -0.930. The van der Waals surface area contributed by atoms with Gasteiger partial charge in [0.15, 0.2) is 0 Å². The molecule has 8 heteroatoms. The van der Waals surface area contributed by atoms with Gasteiger partial charge in [-0.25, -0.2) is 0 Å². The van der Waals surface area contributed by atoms with Crippen molar-refractivity contribution >= 4 is 6.79 Å². The lowest BCUT2D eigenvalue weighted by atomic mass is 10.9. The van der Waals surface area contributed by atoms with Crippen LogP contribution in [-0.2, 0) is 4.79 Å². The van der Waals surface area contributed by atoms with Crippen molar-refractivity contribution in [2.45, 2.75) is 21.8 Å². The zero-order valence-corrected chi connectivity index (χ0v) is 6.88. The number of rotatable bonds is 0. The monoisotopic (exact) mass is 214 g/mol. The van der Waals surface area contributed by atoms with E-state index in [0.717, 1.165) is 0 Å². The van der Waals surface area contributed by atoms with Crippen molar-refractivity contribution in [1.82, 2.24) is 0 Å². The smallest absolute Gasteiger partial charge is 0.106 e. The van der Waals surface area contributed by atoms with E-state index in [-0.39, 0.29) is 16.9 Å². The third kappa shape index (κ3) is 1050. The van der Waals surface area contributed by atoms with Crippen molar-refractivity contribution < 1.29 is 35.2 Å². The fraction of sp³-hybridized carbons (Fsp3) is 0.800. The van der Waals surface area contributed by atoms with Gasteiger partial charge in [-0.1, -0.05) is 14.8 Å². The maximum Gasteiger partial charge on any atom is 0.106 e. The topological polar surface area (TPSA) is 152 Å². The summed E-state index contributed by atoms with van der Waals surface area (Å²) in [7, 11) is 1.25. The van der Waals surface area contributed by atoms with Gasteiger partial charge < -0.3 is 9.90 Å². The highest BCUT2D eigenvalue weighted by Crippen LogP contribution is 1.30. The Labute approximate surface area is 81.5 Å². The number of aliphatic hydroxyl groups is 1. The number of hydrogen-bond acceptors (Lipinski definition) is 8. The van der Waals surface area contributed by atoms with Crippen LogP contribution in [0, 0.1) is 9.93 Å². The normalized spacial score (nSPS) is 3.46. The molecule has 0 atom stereocenters. The van der Waals surface area contributed by atoms with Gasteiger partial charge in [-0.15, -0.1) is 0 Å². The summed E-state index contributed by atoms with van der Waals surface area (Å²) >= 11 is 0. The second kappa shape index (κ2) is 229000. The fourth-order valence-corrected chi connectivity index (χ4v) is 0. The first-order valence-corrected chi connectivity index (χ1v) is 1.88. The highest BCUT2D eigenvalue weighted by molar-refractivity contribution is 5.10. The van der Waals surface area contributed by atoms with E-state index >= 15 is 0 Å². The molecule has 0 saturated heterocycles. The second-order valence-electron chi connectivity index (χ2n) is 0.316. The highest BCUT2D eigenvalue weighted by Gasteiger charge is 1.34. The molecule has 0 heterocycles. The van der Waals surface area contributed by atoms with E-state index in [1.54, 1.807) is 6.92 Å². The van der Waals surface area contributed by atoms with Crippen LogP contribution in [0.3, 0.4) is 0 Å². The van der Waals surface area contributed by atoms with Crippen LogP contribution in [-0.4, -0.2) is 39.5 Å². The minimum atomic E-state index is 0. The van der Waals surface area contributed by atoms with Crippen molar-refractivity contribution in [3.63, 3.8) is 0 Å². The van der Waals surface area contributed by atoms with E-state index in [9.17, 15) is 0 Å². The largest absolute Gasteiger partial charge is 0.397 e. The molecule has 92 valence electrons. The van der Waals surface area contributed by atoms with E-state index in [1.165, 1.54) is 7.40 Å². The van der Waals surface area contributed by atoms with Crippen LogP contribution < -0.4 is 0 Å². The Bertz CT molecular complexity index is 31.1. The minimum Gasteiger partial charge on any atom is -0.397 e. The quantitative estimate of drug-likeness (QED) is 0.301. The molecular formula is C5H24O8. The average Bonchev–Trinajstić information content (AvgIpc) is 2.32. The van der Waals surface area contributed by atoms with E-state index < -0.39 is 0 Å². The lowest BCUT2D eigenvalue weighted by molar-refractivity contribution is -0.176. The first kappa shape index (κ1) is 40.1. The highest BCUT2D eigenvalue weighted by atomic mass is 17.0. The maximum atomic E-state index is 8.00. The first-order valence-electron chi connectivity index (χ1n) is 2.88. The summed E-state index contributed by atoms with van der Waals surface area (Å²) in [6.45, 7) is 3.93. The van der Waals surface area contributed by atoms with Crippen molar-refractivity contribution in [2.24, 2.45) is 0 Å². The predicted octanol–water partition coefficient (Wildman–Crippen LogP) is 1.68. The fourth-order valence-electron chi connectivity index (χ4n) is 0. The molecule has 5 N–H and O–H groups in total.